The molecule has 3 aromatic carbocycles. The number of pyridine rings is 2. The number of nitrogens with one attached hydrogen (secondary N) is 3. The van der Waals surface area contributed by atoms with Gasteiger partial charge in [0.05, 0.1) is 68.0 Å². The maximum Gasteiger partial charge on any atom is 0.246 e. The number of nitrogens with zero attached hydrogens (tertiary/aromatic N) is 7. The van der Waals surface area contributed by atoms with E-state index in [-0.39, 0.29) is 51.0 Å². The number of benzene rings is 3. The van der Waals surface area contributed by atoms with Gasteiger partial charge in [-0.3, -0.25) is 24.0 Å². The number of β-amino-alcohol motifs (C(OH)–C–C–N with tert-alkyl or cyclic N) is 1. The number of anilines is 1. The molecule has 3 amide bonds. The Hall–Kier alpha value is -7.22. The van der Waals surface area contributed by atoms with Crippen molar-refractivity contribution < 1.29 is 33.7 Å². The van der Waals surface area contributed by atoms with E-state index in [9.17, 15) is 19.5 Å². The van der Waals surface area contributed by atoms with Crippen molar-refractivity contribution in [1.82, 2.24) is 45.5 Å². The molecule has 0 radical (unpaired) electrons. The molecule has 1 saturated heterocycles. The average Bonchev–Trinajstić information content (AvgIpc) is 4.18. The number of aromatic nitrogens is 6. The van der Waals surface area contributed by atoms with Crippen molar-refractivity contribution in [3.8, 4) is 21.6 Å². The standard InChI is InChI=1S/C57H66N10O7S/c1-39-52(75-38-62-39)43-17-14-41(15-18-43)32-61-55(70)50-31-49(68)36-67(50)56(71)53(57(2,3)4)63-51(69)20-24-72-25-26-73-27-28-74-37-48-35-66(65-64-48)23-8-22-59-54-45(30-47(34-60-54)46-11-7-21-58-33-46)19-13-40-12-16-42-9-5-6-10-44(42)29-40/h5-7,9-19,21,29-30,33-35,38,49-50,53,68H,8,20,22-28,31-32,36-37H2,1-4H3,(H,59,60)(H,61,70)(H,63,69)/b19-13+/t49-,50+,53-/m1/s1. The lowest BCUT2D eigenvalue weighted by Gasteiger charge is -2.35. The Morgan fingerprint density at radius 1 is 0.867 bits per heavy atom. The number of amides is 3. The minimum absolute atomic E-state index is 0.00446. The molecule has 5 heterocycles. The first kappa shape index (κ1) is 54.1. The van der Waals surface area contributed by atoms with Gasteiger partial charge in [0.1, 0.15) is 23.6 Å². The molecule has 1 aliphatic rings. The van der Waals surface area contributed by atoms with Crippen LogP contribution in [-0.2, 0) is 48.3 Å². The highest BCUT2D eigenvalue weighted by atomic mass is 32.1. The molecule has 1 aliphatic heterocycles. The minimum Gasteiger partial charge on any atom is -0.391 e. The van der Waals surface area contributed by atoms with E-state index in [0.717, 1.165) is 56.2 Å². The fraction of sp³-hybridized carbons (Fsp3) is 0.368. The van der Waals surface area contributed by atoms with E-state index in [0.29, 0.717) is 45.2 Å². The van der Waals surface area contributed by atoms with Crippen molar-refractivity contribution >= 4 is 57.8 Å². The first-order valence-corrected chi connectivity index (χ1v) is 26.2. The third-order valence-corrected chi connectivity index (χ3v) is 13.7. The molecule has 3 atom stereocenters. The maximum atomic E-state index is 14.0. The zero-order valence-electron chi connectivity index (χ0n) is 43.0. The number of fused-ring (bicyclic) bond motifs is 1. The summed E-state index contributed by atoms with van der Waals surface area (Å²) in [6.07, 6.45) is 11.6. The number of thiazole rings is 1. The molecule has 0 spiro atoms. The molecule has 0 unspecified atom stereocenters. The Labute approximate surface area is 441 Å². The van der Waals surface area contributed by atoms with Crippen LogP contribution in [0, 0.1) is 12.3 Å². The topological polar surface area (TPSA) is 208 Å². The van der Waals surface area contributed by atoms with Crippen molar-refractivity contribution in [1.29, 1.82) is 0 Å². The number of carbonyl (C=O) groups excluding carboxylic acids is 3. The molecule has 18 heteroatoms. The second kappa shape index (κ2) is 26.3. The molecule has 1 fully saturated rings. The van der Waals surface area contributed by atoms with E-state index in [4.69, 9.17) is 19.2 Å². The molecule has 75 heavy (non-hydrogen) atoms. The molecular weight excluding hydrogens is 969 g/mol. The van der Waals surface area contributed by atoms with E-state index in [1.807, 2.05) is 94.3 Å². The van der Waals surface area contributed by atoms with Gasteiger partial charge in [-0.2, -0.15) is 0 Å². The Kier molecular flexibility index (Phi) is 19.0. The molecule has 17 nitrogen and oxygen atoms in total. The largest absolute Gasteiger partial charge is 0.391 e. The summed E-state index contributed by atoms with van der Waals surface area (Å²) in [5.41, 5.74) is 8.83. The lowest BCUT2D eigenvalue weighted by Crippen LogP contribution is -2.57. The third-order valence-electron chi connectivity index (χ3n) is 12.8. The number of hydrogen-bond acceptors (Lipinski definition) is 14. The monoisotopic (exact) mass is 1030 g/mol. The van der Waals surface area contributed by atoms with Gasteiger partial charge in [0, 0.05) is 74.3 Å². The summed E-state index contributed by atoms with van der Waals surface area (Å²) in [5, 5.41) is 30.8. The summed E-state index contributed by atoms with van der Waals surface area (Å²) in [4.78, 5) is 56.4. The van der Waals surface area contributed by atoms with Crippen LogP contribution in [-0.4, -0.2) is 122 Å². The van der Waals surface area contributed by atoms with Gasteiger partial charge in [-0.1, -0.05) is 105 Å². The highest BCUT2D eigenvalue weighted by Crippen LogP contribution is 2.29. The normalized spacial score (nSPS) is 15.1. The number of rotatable bonds is 25. The predicted molar refractivity (Wildman–Crippen MR) is 291 cm³/mol. The van der Waals surface area contributed by atoms with E-state index < -0.39 is 29.5 Å². The first-order valence-electron chi connectivity index (χ1n) is 25.4. The quantitative estimate of drug-likeness (QED) is 0.0405. The van der Waals surface area contributed by atoms with Crippen LogP contribution in [0.2, 0.25) is 0 Å². The van der Waals surface area contributed by atoms with Crippen molar-refractivity contribution in [3.05, 3.63) is 143 Å². The van der Waals surface area contributed by atoms with Crippen LogP contribution < -0.4 is 16.0 Å². The van der Waals surface area contributed by atoms with E-state index in [1.54, 1.807) is 22.2 Å². The summed E-state index contributed by atoms with van der Waals surface area (Å²) in [6, 6.07) is 26.9. The predicted octanol–water partition coefficient (Wildman–Crippen LogP) is 7.74. The van der Waals surface area contributed by atoms with Crippen molar-refractivity contribution in [3.63, 3.8) is 0 Å². The van der Waals surface area contributed by atoms with Gasteiger partial charge < -0.3 is 40.2 Å². The van der Waals surface area contributed by atoms with Crippen LogP contribution in [0.4, 0.5) is 5.82 Å². The van der Waals surface area contributed by atoms with Gasteiger partial charge in [0.2, 0.25) is 17.7 Å². The molecule has 4 N–H and O–H groups in total. The molecule has 8 rings (SSSR count). The summed E-state index contributed by atoms with van der Waals surface area (Å²) < 4.78 is 18.9. The fourth-order valence-corrected chi connectivity index (χ4v) is 9.51. The molecular formula is C57H66N10O7S. The third kappa shape index (κ3) is 15.4. The van der Waals surface area contributed by atoms with Crippen molar-refractivity contribution in [2.75, 3.05) is 51.4 Å². The number of likely N-dealkylation sites (tertiary alicyclic amines) is 1. The Bertz CT molecular complexity index is 3010. The van der Waals surface area contributed by atoms with Crippen molar-refractivity contribution in [2.24, 2.45) is 5.41 Å². The van der Waals surface area contributed by atoms with E-state index >= 15 is 0 Å². The Balaban J connectivity index is 0.695. The summed E-state index contributed by atoms with van der Waals surface area (Å²) in [5.74, 6) is -0.350. The highest BCUT2D eigenvalue weighted by molar-refractivity contribution is 7.13. The second-order valence-corrected chi connectivity index (χ2v) is 20.4. The van der Waals surface area contributed by atoms with Gasteiger partial charge in [0.15, 0.2) is 0 Å². The SMILES string of the molecule is Cc1ncsc1-c1ccc(CNC(=O)[C@@H]2C[C@@H](O)CN2C(=O)[C@@H](NC(=O)CCOCCOCCOCc2cn(CCCNc3ncc(-c4cccnc4)cc3/C=C/c3ccc4ccccc4c3)nn2)C(C)(C)C)cc1. The zero-order chi connectivity index (χ0) is 52.6. The number of aliphatic hydroxyl groups excluding tert-OH is 1. The average molecular weight is 1040 g/mol. The molecule has 0 saturated carbocycles. The molecule has 4 aromatic heterocycles. The number of ether oxygens (including phenoxy) is 3. The minimum atomic E-state index is -0.931. The van der Waals surface area contributed by atoms with Crippen LogP contribution in [0.5, 0.6) is 0 Å². The number of carbonyl (C=O) groups is 3. The van der Waals surface area contributed by atoms with Gasteiger partial charge in [0.25, 0.3) is 0 Å². The zero-order valence-corrected chi connectivity index (χ0v) is 43.8. The summed E-state index contributed by atoms with van der Waals surface area (Å²) >= 11 is 1.58. The van der Waals surface area contributed by atoms with E-state index in [2.05, 4.69) is 90.8 Å². The number of aliphatic hydroxyl groups is 1. The number of aryl methyl sites for hydroxylation is 2. The molecule has 0 bridgehead atoms. The van der Waals surface area contributed by atoms with Crippen LogP contribution in [0.15, 0.2) is 115 Å². The van der Waals surface area contributed by atoms with Gasteiger partial charge >= 0.3 is 0 Å². The number of hydrogen-bond donors (Lipinski definition) is 4. The maximum absolute atomic E-state index is 14.0. The van der Waals surface area contributed by atoms with E-state index in [1.165, 1.54) is 15.7 Å². The van der Waals surface area contributed by atoms with Gasteiger partial charge in [-0.15, -0.1) is 16.4 Å². The Morgan fingerprint density at radius 3 is 2.41 bits per heavy atom. The van der Waals surface area contributed by atoms with Crippen molar-refractivity contribution in [2.45, 2.75) is 84.8 Å². The molecule has 7 aromatic rings. The Morgan fingerprint density at radius 2 is 1.65 bits per heavy atom. The van der Waals surface area contributed by atoms with Crippen LogP contribution in [0.1, 0.15) is 68.1 Å². The summed E-state index contributed by atoms with van der Waals surface area (Å²) in [7, 11) is 0. The van der Waals surface area contributed by atoms with Crippen LogP contribution in [0.25, 0.3) is 44.5 Å². The van der Waals surface area contributed by atoms with Crippen LogP contribution >= 0.6 is 11.3 Å². The smallest absolute Gasteiger partial charge is 0.246 e. The van der Waals surface area contributed by atoms with Gasteiger partial charge in [-0.05, 0) is 64.4 Å². The summed E-state index contributed by atoms with van der Waals surface area (Å²) in [6.45, 7) is 10.8. The lowest BCUT2D eigenvalue weighted by atomic mass is 9.85. The highest BCUT2D eigenvalue weighted by Gasteiger charge is 2.44. The fourth-order valence-electron chi connectivity index (χ4n) is 8.70. The van der Waals surface area contributed by atoms with Gasteiger partial charge in [-0.25, -0.2) is 9.97 Å². The van der Waals surface area contributed by atoms with Crippen LogP contribution in [0.3, 0.4) is 0 Å². The lowest BCUT2D eigenvalue weighted by molar-refractivity contribution is -0.144. The molecule has 392 valence electrons. The second-order valence-electron chi connectivity index (χ2n) is 19.6. The molecule has 0 aliphatic carbocycles. The first-order chi connectivity index (χ1) is 36.4.